The van der Waals surface area contributed by atoms with Crippen LogP contribution in [0.15, 0.2) is 0 Å². The number of carbonyl (C=O) groups is 1. The van der Waals surface area contributed by atoms with Crippen LogP contribution in [0.25, 0.3) is 0 Å². The summed E-state index contributed by atoms with van der Waals surface area (Å²) in [5.41, 5.74) is -0.265. The molecule has 0 saturated heterocycles. The van der Waals surface area contributed by atoms with Crippen LogP contribution in [0.2, 0.25) is 0 Å². The molecule has 0 aromatic heterocycles. The number of amides is 1. The second-order valence-electron chi connectivity index (χ2n) is 5.73. The second-order valence-corrected chi connectivity index (χ2v) is 5.73. The second kappa shape index (κ2) is 6.36. The Bertz CT molecular complexity index is 244. The van der Waals surface area contributed by atoms with E-state index in [4.69, 9.17) is 9.47 Å². The van der Waals surface area contributed by atoms with E-state index >= 15 is 0 Å². The molecular formula is C13H25NO3. The molecule has 17 heavy (non-hydrogen) atoms. The predicted molar refractivity (Wildman–Crippen MR) is 66.9 cm³/mol. The van der Waals surface area contributed by atoms with Gasteiger partial charge in [0.1, 0.15) is 6.61 Å². The molecule has 1 saturated carbocycles. The Morgan fingerprint density at radius 2 is 2.00 bits per heavy atom. The molecular weight excluding hydrogens is 218 g/mol. The van der Waals surface area contributed by atoms with E-state index in [9.17, 15) is 4.79 Å². The first-order valence-electron chi connectivity index (χ1n) is 6.34. The van der Waals surface area contributed by atoms with Crippen molar-refractivity contribution in [3.63, 3.8) is 0 Å². The number of rotatable bonds is 7. The fourth-order valence-corrected chi connectivity index (χ4v) is 1.25. The Balaban J connectivity index is 2.04. The lowest BCUT2D eigenvalue weighted by Gasteiger charge is -2.22. The van der Waals surface area contributed by atoms with E-state index in [1.807, 2.05) is 20.8 Å². The molecule has 0 aromatic rings. The molecule has 0 aromatic carbocycles. The summed E-state index contributed by atoms with van der Waals surface area (Å²) in [7, 11) is 1.79. The molecule has 0 spiro atoms. The summed E-state index contributed by atoms with van der Waals surface area (Å²) in [5, 5.41) is 0. The quantitative estimate of drug-likeness (QED) is 0.639. The summed E-state index contributed by atoms with van der Waals surface area (Å²) >= 11 is 0. The van der Waals surface area contributed by atoms with Gasteiger partial charge in [0.15, 0.2) is 0 Å². The molecule has 1 fully saturated rings. The zero-order valence-electron chi connectivity index (χ0n) is 11.5. The molecule has 1 aliphatic carbocycles. The third-order valence-electron chi connectivity index (χ3n) is 2.68. The Kier molecular flexibility index (Phi) is 5.40. The minimum atomic E-state index is -0.265. The minimum absolute atomic E-state index is 0.00921. The molecule has 1 aliphatic rings. The van der Waals surface area contributed by atoms with Crippen molar-refractivity contribution in [2.24, 2.45) is 5.92 Å². The van der Waals surface area contributed by atoms with Gasteiger partial charge in [-0.1, -0.05) is 0 Å². The summed E-state index contributed by atoms with van der Waals surface area (Å²) in [6, 6.07) is 0. The molecule has 0 N–H and O–H groups in total. The molecule has 0 heterocycles. The average molecular weight is 243 g/mol. The SMILES string of the molecule is CN(CCOCC1CC1)C(=O)COC(C)(C)C. The first-order valence-corrected chi connectivity index (χ1v) is 6.34. The number of carbonyl (C=O) groups excluding carboxylic acids is 1. The van der Waals surface area contributed by atoms with Crippen molar-refractivity contribution >= 4 is 5.91 Å². The van der Waals surface area contributed by atoms with Crippen LogP contribution in [0.5, 0.6) is 0 Å². The molecule has 0 bridgehead atoms. The highest BCUT2D eigenvalue weighted by molar-refractivity contribution is 5.77. The van der Waals surface area contributed by atoms with E-state index in [0.29, 0.717) is 13.2 Å². The summed E-state index contributed by atoms with van der Waals surface area (Å²) < 4.78 is 10.9. The van der Waals surface area contributed by atoms with Crippen LogP contribution in [0, 0.1) is 5.92 Å². The third-order valence-corrected chi connectivity index (χ3v) is 2.68. The summed E-state index contributed by atoms with van der Waals surface area (Å²) in [6.45, 7) is 8.08. The van der Waals surface area contributed by atoms with Gasteiger partial charge in [-0.15, -0.1) is 0 Å². The number of hydrogen-bond donors (Lipinski definition) is 0. The fraction of sp³-hybridized carbons (Fsp3) is 0.923. The topological polar surface area (TPSA) is 38.8 Å². The monoisotopic (exact) mass is 243 g/mol. The number of likely N-dealkylation sites (N-methyl/N-ethyl adjacent to an activating group) is 1. The fourth-order valence-electron chi connectivity index (χ4n) is 1.25. The molecule has 4 nitrogen and oxygen atoms in total. The van der Waals surface area contributed by atoms with Crippen molar-refractivity contribution < 1.29 is 14.3 Å². The van der Waals surface area contributed by atoms with E-state index in [-0.39, 0.29) is 18.1 Å². The van der Waals surface area contributed by atoms with Gasteiger partial charge in [-0.05, 0) is 39.5 Å². The van der Waals surface area contributed by atoms with Gasteiger partial charge < -0.3 is 14.4 Å². The lowest BCUT2D eigenvalue weighted by atomic mass is 10.2. The van der Waals surface area contributed by atoms with E-state index in [0.717, 1.165) is 12.5 Å². The number of hydrogen-bond acceptors (Lipinski definition) is 3. The maximum Gasteiger partial charge on any atom is 0.248 e. The lowest BCUT2D eigenvalue weighted by Crippen LogP contribution is -2.35. The molecule has 4 heteroatoms. The molecule has 0 aliphatic heterocycles. The highest BCUT2D eigenvalue weighted by Crippen LogP contribution is 2.28. The van der Waals surface area contributed by atoms with Gasteiger partial charge >= 0.3 is 0 Å². The van der Waals surface area contributed by atoms with Crippen molar-refractivity contribution in [3.8, 4) is 0 Å². The molecule has 0 atom stereocenters. The van der Waals surface area contributed by atoms with Gasteiger partial charge in [0.25, 0.3) is 0 Å². The van der Waals surface area contributed by atoms with Gasteiger partial charge in [-0.3, -0.25) is 4.79 Å². The Morgan fingerprint density at radius 1 is 1.35 bits per heavy atom. The first-order chi connectivity index (χ1) is 7.88. The van der Waals surface area contributed by atoms with Crippen molar-refractivity contribution in [1.82, 2.24) is 4.90 Å². The van der Waals surface area contributed by atoms with Crippen LogP contribution in [0.1, 0.15) is 33.6 Å². The number of ether oxygens (including phenoxy) is 2. The van der Waals surface area contributed by atoms with Gasteiger partial charge in [-0.2, -0.15) is 0 Å². The smallest absolute Gasteiger partial charge is 0.248 e. The van der Waals surface area contributed by atoms with Crippen LogP contribution >= 0.6 is 0 Å². The normalized spacial score (nSPS) is 16.0. The lowest BCUT2D eigenvalue weighted by molar-refractivity contribution is -0.140. The van der Waals surface area contributed by atoms with Gasteiger partial charge in [0.2, 0.25) is 5.91 Å². The maximum atomic E-state index is 11.7. The van der Waals surface area contributed by atoms with E-state index in [2.05, 4.69) is 0 Å². The van der Waals surface area contributed by atoms with Gasteiger partial charge in [0.05, 0.1) is 12.2 Å². The highest BCUT2D eigenvalue weighted by Gasteiger charge is 2.21. The average Bonchev–Trinajstić information content (AvgIpc) is 3.03. The summed E-state index contributed by atoms with van der Waals surface area (Å²) in [4.78, 5) is 13.3. The van der Waals surface area contributed by atoms with Crippen LogP contribution in [-0.4, -0.2) is 49.8 Å². The largest absolute Gasteiger partial charge is 0.379 e. The summed E-state index contributed by atoms with van der Waals surface area (Å²) in [5.74, 6) is 0.787. The van der Waals surface area contributed by atoms with Gasteiger partial charge in [0, 0.05) is 20.2 Å². The van der Waals surface area contributed by atoms with Crippen molar-refractivity contribution in [1.29, 1.82) is 0 Å². The molecule has 100 valence electrons. The summed E-state index contributed by atoms with van der Waals surface area (Å²) in [6.07, 6.45) is 2.60. The Morgan fingerprint density at radius 3 is 2.53 bits per heavy atom. The van der Waals surface area contributed by atoms with Gasteiger partial charge in [-0.25, -0.2) is 0 Å². The van der Waals surface area contributed by atoms with Crippen LogP contribution in [0.3, 0.4) is 0 Å². The van der Waals surface area contributed by atoms with E-state index in [1.165, 1.54) is 12.8 Å². The van der Waals surface area contributed by atoms with Crippen LogP contribution in [0.4, 0.5) is 0 Å². The van der Waals surface area contributed by atoms with Crippen molar-refractivity contribution in [3.05, 3.63) is 0 Å². The highest BCUT2D eigenvalue weighted by atomic mass is 16.5. The zero-order valence-corrected chi connectivity index (χ0v) is 11.5. The molecule has 0 radical (unpaired) electrons. The van der Waals surface area contributed by atoms with Crippen molar-refractivity contribution in [2.45, 2.75) is 39.2 Å². The Hall–Kier alpha value is -0.610. The van der Waals surface area contributed by atoms with Crippen molar-refractivity contribution in [2.75, 3.05) is 33.4 Å². The Labute approximate surface area is 104 Å². The number of nitrogens with zero attached hydrogens (tertiary/aromatic N) is 1. The van der Waals surface area contributed by atoms with Crippen LogP contribution < -0.4 is 0 Å². The first kappa shape index (κ1) is 14.5. The van der Waals surface area contributed by atoms with E-state index in [1.54, 1.807) is 11.9 Å². The van der Waals surface area contributed by atoms with E-state index < -0.39 is 0 Å². The third kappa shape index (κ3) is 7.34. The standard InChI is InChI=1S/C13H25NO3/c1-13(2,3)17-10-12(15)14(4)7-8-16-9-11-5-6-11/h11H,5-10H2,1-4H3. The maximum absolute atomic E-state index is 11.7. The van der Waals surface area contributed by atoms with Crippen LogP contribution in [-0.2, 0) is 14.3 Å². The molecule has 1 rings (SSSR count). The molecule has 0 unspecified atom stereocenters. The zero-order chi connectivity index (χ0) is 12.9. The predicted octanol–water partition coefficient (Wildman–Crippen LogP) is 1.69. The molecule has 1 amide bonds. The minimum Gasteiger partial charge on any atom is -0.379 e.